The summed E-state index contributed by atoms with van der Waals surface area (Å²) in [4.78, 5) is 19.4. The first-order valence-electron chi connectivity index (χ1n) is 11.0. The number of alkyl halides is 3. The smallest absolute Gasteiger partial charge is 0.416 e. The van der Waals surface area contributed by atoms with Crippen LogP contribution in [0.3, 0.4) is 0 Å². The molecule has 2 aromatic heterocycles. The zero-order valence-electron chi connectivity index (χ0n) is 18.4. The van der Waals surface area contributed by atoms with Gasteiger partial charge in [0.05, 0.1) is 39.8 Å². The Morgan fingerprint density at radius 3 is 2.77 bits per heavy atom. The number of rotatable bonds is 1. The Morgan fingerprint density at radius 2 is 2.00 bits per heavy atom. The number of aryl methyl sites for hydroxylation is 1. The quantitative estimate of drug-likeness (QED) is 0.399. The fourth-order valence-corrected chi connectivity index (χ4v) is 5.20. The molecule has 2 N–H and O–H groups in total. The molecule has 180 valence electrons. The summed E-state index contributed by atoms with van der Waals surface area (Å²) in [5.74, 6) is -1.02. The number of pyridine rings is 1. The van der Waals surface area contributed by atoms with Gasteiger partial charge in [0, 0.05) is 30.6 Å². The van der Waals surface area contributed by atoms with Crippen molar-refractivity contribution in [2.75, 3.05) is 12.3 Å². The minimum Gasteiger partial charge on any atom is -0.488 e. The number of amides is 1. The molecule has 0 unspecified atom stereocenters. The van der Waals surface area contributed by atoms with Crippen molar-refractivity contribution >= 4 is 33.5 Å². The minimum atomic E-state index is -4.51. The molecule has 11 heteroatoms. The molecule has 0 saturated carbocycles. The molecule has 2 atom stereocenters. The third-order valence-corrected chi connectivity index (χ3v) is 6.80. The lowest BCUT2D eigenvalue weighted by Crippen LogP contribution is -2.44. The number of nitrogens with zero attached hydrogens (tertiary/aromatic N) is 4. The van der Waals surface area contributed by atoms with Crippen LogP contribution in [0, 0.1) is 5.82 Å². The third kappa shape index (κ3) is 3.21. The number of carbonyl (C=O) groups is 1. The van der Waals surface area contributed by atoms with Gasteiger partial charge in [0.15, 0.2) is 0 Å². The first-order valence-corrected chi connectivity index (χ1v) is 11.0. The van der Waals surface area contributed by atoms with Crippen molar-refractivity contribution in [2.45, 2.75) is 31.2 Å². The Morgan fingerprint density at radius 1 is 1.20 bits per heavy atom. The van der Waals surface area contributed by atoms with Crippen molar-refractivity contribution in [1.82, 2.24) is 19.7 Å². The normalized spacial score (nSPS) is 19.6. The van der Waals surface area contributed by atoms with Crippen LogP contribution in [0.4, 0.5) is 23.4 Å². The van der Waals surface area contributed by atoms with Crippen molar-refractivity contribution in [3.05, 3.63) is 59.0 Å². The first kappa shape index (κ1) is 21.6. The zero-order valence-corrected chi connectivity index (χ0v) is 18.4. The molecule has 35 heavy (non-hydrogen) atoms. The Hall–Kier alpha value is -3.89. The molecule has 1 saturated heterocycles. The highest BCUT2D eigenvalue weighted by atomic mass is 19.4. The summed E-state index contributed by atoms with van der Waals surface area (Å²) in [6.45, 7) is 0.322. The number of piperidine rings is 1. The number of ether oxygens (including phenoxy) is 1. The van der Waals surface area contributed by atoms with E-state index in [0.29, 0.717) is 46.8 Å². The molecule has 0 radical (unpaired) electrons. The van der Waals surface area contributed by atoms with Crippen LogP contribution in [-0.4, -0.2) is 38.2 Å². The van der Waals surface area contributed by atoms with Gasteiger partial charge in [-0.3, -0.25) is 9.48 Å². The molecule has 7 nitrogen and oxygen atoms in total. The van der Waals surface area contributed by atoms with E-state index in [9.17, 15) is 18.0 Å². The van der Waals surface area contributed by atoms with Gasteiger partial charge >= 0.3 is 6.18 Å². The Kier molecular flexibility index (Phi) is 4.51. The summed E-state index contributed by atoms with van der Waals surface area (Å²) in [5.41, 5.74) is 6.41. The van der Waals surface area contributed by atoms with E-state index >= 15 is 4.39 Å². The second-order valence-corrected chi connectivity index (χ2v) is 8.87. The number of benzene rings is 2. The number of fused-ring (bicyclic) bond motifs is 6. The highest BCUT2D eigenvalue weighted by Gasteiger charge is 2.44. The summed E-state index contributed by atoms with van der Waals surface area (Å²) >= 11 is 0. The minimum absolute atomic E-state index is 0.102. The standard InChI is InChI=1S/C24H19F4N5O2/c1-32-20-14-8-13(16(25)9-17(14)31-22(29)15(20)10-30-32)23(34)33-6-2-3-18-21(33)12-5-4-11(24(26,27)28)7-19(12)35-18/h4-5,7-10,18,21H,2-3,6H2,1H3,(H2,29,31)/t18-,21-/m0/s1. The van der Waals surface area contributed by atoms with Crippen molar-refractivity contribution in [3.63, 3.8) is 0 Å². The van der Waals surface area contributed by atoms with Crippen LogP contribution in [0.25, 0.3) is 21.8 Å². The second kappa shape index (κ2) is 7.30. The molecular formula is C24H19F4N5O2. The van der Waals surface area contributed by atoms with Gasteiger partial charge in [-0.15, -0.1) is 0 Å². The maximum Gasteiger partial charge on any atom is 0.416 e. The number of likely N-dealkylation sites (tertiary alicyclic amines) is 1. The lowest BCUT2D eigenvalue weighted by molar-refractivity contribution is -0.137. The van der Waals surface area contributed by atoms with Crippen molar-refractivity contribution in [2.24, 2.45) is 7.05 Å². The number of aromatic nitrogens is 3. The average molecular weight is 485 g/mol. The van der Waals surface area contributed by atoms with Crippen molar-refractivity contribution < 1.29 is 27.1 Å². The second-order valence-electron chi connectivity index (χ2n) is 8.87. The van der Waals surface area contributed by atoms with Crippen LogP contribution >= 0.6 is 0 Å². The average Bonchev–Trinajstić information content (AvgIpc) is 3.38. The largest absolute Gasteiger partial charge is 0.488 e. The molecule has 0 spiro atoms. The zero-order chi connectivity index (χ0) is 24.6. The van der Waals surface area contributed by atoms with Crippen LogP contribution in [0.2, 0.25) is 0 Å². The molecule has 6 rings (SSSR count). The Balaban J connectivity index is 1.44. The summed E-state index contributed by atoms with van der Waals surface area (Å²) in [7, 11) is 1.71. The highest BCUT2D eigenvalue weighted by Crippen LogP contribution is 2.47. The summed E-state index contributed by atoms with van der Waals surface area (Å²) in [6.07, 6.45) is -2.31. The molecule has 2 aliphatic heterocycles. The topological polar surface area (TPSA) is 86.3 Å². The van der Waals surface area contributed by atoms with Gasteiger partial charge in [0.1, 0.15) is 23.5 Å². The summed E-state index contributed by atoms with van der Waals surface area (Å²) < 4.78 is 62.2. The monoisotopic (exact) mass is 485 g/mol. The molecule has 1 amide bonds. The summed E-state index contributed by atoms with van der Waals surface area (Å²) in [6, 6.07) is 5.29. The molecule has 4 aromatic rings. The number of hydrogen-bond acceptors (Lipinski definition) is 5. The molecule has 2 aliphatic rings. The van der Waals surface area contributed by atoms with Gasteiger partial charge < -0.3 is 15.4 Å². The van der Waals surface area contributed by atoms with E-state index in [0.717, 1.165) is 12.1 Å². The van der Waals surface area contributed by atoms with E-state index in [1.54, 1.807) is 17.9 Å². The van der Waals surface area contributed by atoms with Gasteiger partial charge in [-0.05, 0) is 31.0 Å². The van der Waals surface area contributed by atoms with Gasteiger partial charge in [-0.1, -0.05) is 6.07 Å². The van der Waals surface area contributed by atoms with Crippen LogP contribution in [0.15, 0.2) is 36.5 Å². The fourth-order valence-electron chi connectivity index (χ4n) is 5.20. The first-order chi connectivity index (χ1) is 16.6. The number of anilines is 1. The van der Waals surface area contributed by atoms with E-state index in [1.165, 1.54) is 23.1 Å². The van der Waals surface area contributed by atoms with Gasteiger partial charge in [0.25, 0.3) is 5.91 Å². The molecule has 1 fully saturated rings. The lowest BCUT2D eigenvalue weighted by atomic mass is 9.93. The van der Waals surface area contributed by atoms with Crippen LogP contribution in [0.1, 0.15) is 40.4 Å². The summed E-state index contributed by atoms with van der Waals surface area (Å²) in [5, 5.41) is 5.30. The number of halogens is 4. The fraction of sp³-hybridized carbons (Fsp3) is 0.292. The maximum absolute atomic E-state index is 15.2. The van der Waals surface area contributed by atoms with Crippen LogP contribution < -0.4 is 10.5 Å². The molecule has 0 aliphatic carbocycles. The number of carbonyl (C=O) groups excluding carboxylic acids is 1. The van der Waals surface area contributed by atoms with Gasteiger partial charge in [-0.25, -0.2) is 9.37 Å². The van der Waals surface area contributed by atoms with E-state index in [4.69, 9.17) is 10.5 Å². The molecular weight excluding hydrogens is 466 g/mol. The van der Waals surface area contributed by atoms with E-state index in [1.807, 2.05) is 0 Å². The number of nitrogen functional groups attached to an aromatic ring is 1. The molecule has 0 bridgehead atoms. The van der Waals surface area contributed by atoms with Gasteiger partial charge in [0.2, 0.25) is 0 Å². The number of hydrogen-bond donors (Lipinski definition) is 1. The molecule has 2 aromatic carbocycles. The number of nitrogens with two attached hydrogens (primary N) is 1. The highest BCUT2D eigenvalue weighted by molar-refractivity contribution is 6.10. The van der Waals surface area contributed by atoms with E-state index < -0.39 is 35.6 Å². The predicted octanol–water partition coefficient (Wildman–Crippen LogP) is 4.60. The van der Waals surface area contributed by atoms with Crippen molar-refractivity contribution in [1.29, 1.82) is 0 Å². The van der Waals surface area contributed by atoms with Crippen molar-refractivity contribution in [3.8, 4) is 5.75 Å². The Bertz CT molecular complexity index is 1530. The van der Waals surface area contributed by atoms with E-state index in [2.05, 4.69) is 10.1 Å². The van der Waals surface area contributed by atoms with Gasteiger partial charge in [-0.2, -0.15) is 18.3 Å². The third-order valence-electron chi connectivity index (χ3n) is 6.80. The van der Waals surface area contributed by atoms with E-state index in [-0.39, 0.29) is 17.1 Å². The van der Waals surface area contributed by atoms with Crippen LogP contribution in [0.5, 0.6) is 5.75 Å². The lowest BCUT2D eigenvalue weighted by Gasteiger charge is -2.36. The SMILES string of the molecule is Cn1ncc2c(N)nc3cc(F)c(C(=O)N4CCC[C@@H]5Oc6cc(C(F)(F)F)ccc6[C@@H]54)cc3c21. The Labute approximate surface area is 196 Å². The molecule has 4 heterocycles. The predicted molar refractivity (Wildman–Crippen MR) is 119 cm³/mol. The van der Waals surface area contributed by atoms with Crippen LogP contribution in [-0.2, 0) is 13.2 Å². The maximum atomic E-state index is 15.2.